The number of hydrogen-bond donors (Lipinski definition) is 2. The molecule has 0 aliphatic carbocycles. The minimum atomic E-state index is -1.00. The van der Waals surface area contributed by atoms with E-state index >= 15 is 0 Å². The first-order valence-electron chi connectivity index (χ1n) is 9.31. The van der Waals surface area contributed by atoms with Crippen LogP contribution in [0.2, 0.25) is 0 Å². The molecule has 2 N–H and O–H groups in total. The predicted molar refractivity (Wildman–Crippen MR) is 109 cm³/mol. The number of carbonyl (C=O) groups excluding carboxylic acids is 1. The van der Waals surface area contributed by atoms with E-state index in [1.165, 1.54) is 19.2 Å². The van der Waals surface area contributed by atoms with Crippen LogP contribution in [-0.4, -0.2) is 41.9 Å². The molecule has 0 spiro atoms. The molecule has 0 radical (unpaired) electrons. The molecule has 30 heavy (non-hydrogen) atoms. The summed E-state index contributed by atoms with van der Waals surface area (Å²) in [6.45, 7) is 3.34. The molecular formula is C21H24N2O7. The number of nitro benzene ring substituents is 1. The summed E-state index contributed by atoms with van der Waals surface area (Å²) in [5, 5.41) is 24.7. The molecular weight excluding hydrogens is 392 g/mol. The maximum Gasteiger partial charge on any atom is 0.296 e. The van der Waals surface area contributed by atoms with E-state index in [4.69, 9.17) is 14.2 Å². The van der Waals surface area contributed by atoms with E-state index in [1.807, 2.05) is 0 Å². The largest absolute Gasteiger partial charge is 0.497 e. The van der Waals surface area contributed by atoms with E-state index in [0.29, 0.717) is 11.3 Å². The van der Waals surface area contributed by atoms with Gasteiger partial charge in [-0.05, 0) is 37.6 Å². The summed E-state index contributed by atoms with van der Waals surface area (Å²) in [7, 11) is 2.98. The van der Waals surface area contributed by atoms with Gasteiger partial charge in [-0.25, -0.2) is 0 Å². The van der Waals surface area contributed by atoms with Crippen LogP contribution in [0.15, 0.2) is 36.4 Å². The Morgan fingerprint density at radius 1 is 1.27 bits per heavy atom. The van der Waals surface area contributed by atoms with Crippen molar-refractivity contribution in [1.29, 1.82) is 0 Å². The van der Waals surface area contributed by atoms with Crippen LogP contribution in [0.3, 0.4) is 0 Å². The highest BCUT2D eigenvalue weighted by atomic mass is 16.6. The maximum atomic E-state index is 12.5. The van der Waals surface area contributed by atoms with Crippen LogP contribution in [0.5, 0.6) is 11.5 Å². The van der Waals surface area contributed by atoms with Crippen molar-refractivity contribution in [2.75, 3.05) is 19.5 Å². The lowest BCUT2D eigenvalue weighted by Crippen LogP contribution is -2.49. The van der Waals surface area contributed by atoms with Gasteiger partial charge in [-0.3, -0.25) is 14.9 Å². The van der Waals surface area contributed by atoms with Crippen molar-refractivity contribution >= 4 is 17.3 Å². The van der Waals surface area contributed by atoms with Crippen LogP contribution < -0.4 is 14.8 Å². The highest BCUT2D eigenvalue weighted by molar-refractivity contribution is 5.95. The molecule has 0 saturated carbocycles. The molecule has 2 atom stereocenters. The smallest absolute Gasteiger partial charge is 0.296 e. The van der Waals surface area contributed by atoms with Gasteiger partial charge in [-0.2, -0.15) is 0 Å². The van der Waals surface area contributed by atoms with Crippen LogP contribution >= 0.6 is 0 Å². The van der Waals surface area contributed by atoms with Gasteiger partial charge in [-0.15, -0.1) is 0 Å². The molecule has 0 fully saturated rings. The Hall–Kier alpha value is -3.17. The van der Waals surface area contributed by atoms with Crippen LogP contribution in [-0.2, 0) is 16.0 Å². The zero-order chi connectivity index (χ0) is 22.1. The molecule has 0 bridgehead atoms. The molecule has 0 aromatic heterocycles. The van der Waals surface area contributed by atoms with E-state index in [0.717, 1.165) is 5.56 Å². The average molecular weight is 416 g/mol. The summed E-state index contributed by atoms with van der Waals surface area (Å²) >= 11 is 0. The van der Waals surface area contributed by atoms with Gasteiger partial charge in [0.05, 0.1) is 24.5 Å². The highest BCUT2D eigenvalue weighted by Crippen LogP contribution is 2.45. The number of fused-ring (bicyclic) bond motifs is 1. The zero-order valence-electron chi connectivity index (χ0n) is 17.2. The molecule has 9 nitrogen and oxygen atoms in total. The Balaban J connectivity index is 1.91. The molecule has 3 rings (SSSR count). The lowest BCUT2D eigenvalue weighted by atomic mass is 9.88. The zero-order valence-corrected chi connectivity index (χ0v) is 17.2. The number of ether oxygens (including phenoxy) is 3. The molecule has 0 unspecified atom stereocenters. The number of nitrogens with one attached hydrogen (secondary N) is 1. The molecule has 2 aromatic rings. The number of methoxy groups -OCH3 is 2. The summed E-state index contributed by atoms with van der Waals surface area (Å²) < 4.78 is 16.3. The van der Waals surface area contributed by atoms with Gasteiger partial charge < -0.3 is 24.6 Å². The van der Waals surface area contributed by atoms with E-state index in [9.17, 15) is 20.0 Å². The van der Waals surface area contributed by atoms with Gasteiger partial charge in [-0.1, -0.05) is 12.1 Å². The van der Waals surface area contributed by atoms with Crippen molar-refractivity contribution in [2.24, 2.45) is 0 Å². The molecule has 0 saturated heterocycles. The van der Waals surface area contributed by atoms with E-state index in [2.05, 4.69) is 5.32 Å². The maximum absolute atomic E-state index is 12.5. The van der Waals surface area contributed by atoms with E-state index in [-0.39, 0.29) is 23.5 Å². The van der Waals surface area contributed by atoms with E-state index in [1.54, 1.807) is 45.2 Å². The minimum absolute atomic E-state index is 0.00909. The molecule has 1 amide bonds. The third-order valence-corrected chi connectivity index (χ3v) is 5.06. The second-order valence-electron chi connectivity index (χ2n) is 7.54. The fraction of sp³-hybridized carbons (Fsp3) is 0.381. The van der Waals surface area contributed by atoms with Crippen molar-refractivity contribution in [2.45, 2.75) is 38.1 Å². The number of aliphatic hydroxyl groups excluding tert-OH is 1. The van der Waals surface area contributed by atoms with E-state index < -0.39 is 28.6 Å². The van der Waals surface area contributed by atoms with Crippen LogP contribution in [0, 0.1) is 10.1 Å². The number of benzene rings is 2. The van der Waals surface area contributed by atoms with Crippen LogP contribution in [0.4, 0.5) is 11.4 Å². The minimum Gasteiger partial charge on any atom is -0.497 e. The number of amides is 1. The number of carbonyl (C=O) groups is 1. The first kappa shape index (κ1) is 21.5. The summed E-state index contributed by atoms with van der Waals surface area (Å²) in [5.74, 6) is 0.475. The van der Waals surface area contributed by atoms with Crippen molar-refractivity contribution < 1.29 is 29.0 Å². The summed E-state index contributed by atoms with van der Waals surface area (Å²) in [6.07, 6.45) is -1.74. The average Bonchev–Trinajstić information content (AvgIpc) is 2.69. The molecule has 9 heteroatoms. The first-order chi connectivity index (χ1) is 14.2. The van der Waals surface area contributed by atoms with Crippen LogP contribution in [0.25, 0.3) is 0 Å². The molecule has 2 aromatic carbocycles. The van der Waals surface area contributed by atoms with Gasteiger partial charge >= 0.3 is 0 Å². The Kier molecular flexibility index (Phi) is 5.95. The van der Waals surface area contributed by atoms with Crippen molar-refractivity contribution in [3.8, 4) is 11.5 Å². The lowest BCUT2D eigenvalue weighted by molar-refractivity contribution is -0.384. The predicted octanol–water partition coefficient (Wildman–Crippen LogP) is 3.00. The number of nitrogens with zero attached hydrogens (tertiary/aromatic N) is 1. The molecule has 1 heterocycles. The Morgan fingerprint density at radius 2 is 1.93 bits per heavy atom. The molecule has 1 aliphatic rings. The second kappa shape index (κ2) is 8.29. The number of rotatable bonds is 6. The number of nitro groups is 1. The number of aliphatic hydroxyl groups is 1. The monoisotopic (exact) mass is 416 g/mol. The SMILES string of the molecule is COc1ccc(CC(=O)Nc2cc3c(cc2[N+](=O)[O-])OC(C)(C)[C@H](O)[C@H]3OC)cc1. The van der Waals surface area contributed by atoms with Crippen molar-refractivity contribution in [1.82, 2.24) is 0 Å². The van der Waals surface area contributed by atoms with Crippen molar-refractivity contribution in [3.63, 3.8) is 0 Å². The first-order valence-corrected chi connectivity index (χ1v) is 9.31. The fourth-order valence-corrected chi connectivity index (χ4v) is 3.41. The lowest BCUT2D eigenvalue weighted by Gasteiger charge is -2.41. The van der Waals surface area contributed by atoms with Gasteiger partial charge in [0.2, 0.25) is 5.91 Å². The summed E-state index contributed by atoms with van der Waals surface area (Å²) in [6, 6.07) is 9.62. The Bertz CT molecular complexity index is 957. The molecule has 1 aliphatic heterocycles. The highest BCUT2D eigenvalue weighted by Gasteiger charge is 2.44. The topological polar surface area (TPSA) is 120 Å². The van der Waals surface area contributed by atoms with Gasteiger partial charge in [0.25, 0.3) is 5.69 Å². The van der Waals surface area contributed by atoms with Crippen molar-refractivity contribution in [3.05, 3.63) is 57.6 Å². The van der Waals surface area contributed by atoms with Crippen LogP contribution in [0.1, 0.15) is 31.1 Å². The quantitative estimate of drug-likeness (QED) is 0.548. The van der Waals surface area contributed by atoms with Gasteiger partial charge in [0.15, 0.2) is 0 Å². The Labute approximate surface area is 173 Å². The third kappa shape index (κ3) is 4.22. The van der Waals surface area contributed by atoms with Gasteiger partial charge in [0, 0.05) is 12.7 Å². The summed E-state index contributed by atoms with van der Waals surface area (Å²) in [4.78, 5) is 23.5. The second-order valence-corrected chi connectivity index (χ2v) is 7.54. The summed E-state index contributed by atoms with van der Waals surface area (Å²) in [5.41, 5.74) is -0.145. The molecule has 160 valence electrons. The number of anilines is 1. The number of hydrogen-bond acceptors (Lipinski definition) is 7. The fourth-order valence-electron chi connectivity index (χ4n) is 3.41. The normalized spacial score (nSPS) is 19.4. The standard InChI is InChI=1S/C21H24N2O7/c1-21(2)20(25)19(29-4)14-10-15(16(23(26)27)11-17(14)30-21)22-18(24)9-12-5-7-13(28-3)8-6-12/h5-8,10-11,19-20,25H,9H2,1-4H3,(H,22,24)/t19-,20+/m0/s1. The third-order valence-electron chi connectivity index (χ3n) is 5.06. The van der Waals surface area contributed by atoms with Gasteiger partial charge in [0.1, 0.15) is 35.0 Å². The Morgan fingerprint density at radius 3 is 2.50 bits per heavy atom.